The van der Waals surface area contributed by atoms with Crippen LogP contribution in [0.15, 0.2) is 48.5 Å². The van der Waals surface area contributed by atoms with E-state index < -0.39 is 0 Å². The SMILES string of the molecule is O=C(/C=C/c1ccc2c(c1)OCO2)Nc1ccc(-n2nnc(C(=O)NC3CCCC3)n2)cc1. The van der Waals surface area contributed by atoms with Gasteiger partial charge in [-0.1, -0.05) is 18.9 Å². The number of anilines is 1. The van der Waals surface area contributed by atoms with Crippen molar-refractivity contribution in [3.05, 3.63) is 59.9 Å². The molecule has 2 N–H and O–H groups in total. The fourth-order valence-electron chi connectivity index (χ4n) is 3.79. The largest absolute Gasteiger partial charge is 0.454 e. The Morgan fingerprint density at radius 1 is 1.03 bits per heavy atom. The number of nitrogens with zero attached hydrogens (tertiary/aromatic N) is 4. The first-order valence-corrected chi connectivity index (χ1v) is 10.7. The number of benzene rings is 2. The quantitative estimate of drug-likeness (QED) is 0.559. The first kappa shape index (κ1) is 20.7. The maximum Gasteiger partial charge on any atom is 0.293 e. The molecule has 10 nitrogen and oxygen atoms in total. The topological polar surface area (TPSA) is 120 Å². The third-order valence-corrected chi connectivity index (χ3v) is 5.50. The lowest BCUT2D eigenvalue weighted by atomic mass is 10.2. The monoisotopic (exact) mass is 446 g/mol. The molecule has 3 aromatic rings. The summed E-state index contributed by atoms with van der Waals surface area (Å²) in [5.74, 6) is 0.804. The maximum atomic E-state index is 12.3. The van der Waals surface area contributed by atoms with Crippen molar-refractivity contribution in [3.63, 3.8) is 0 Å². The highest BCUT2D eigenvalue weighted by Crippen LogP contribution is 2.32. The van der Waals surface area contributed by atoms with E-state index in [0.29, 0.717) is 22.9 Å². The van der Waals surface area contributed by atoms with Crippen LogP contribution in [0, 0.1) is 0 Å². The molecule has 0 bridgehead atoms. The van der Waals surface area contributed by atoms with E-state index in [1.807, 2.05) is 12.1 Å². The first-order valence-electron chi connectivity index (χ1n) is 10.7. The number of nitrogens with one attached hydrogen (secondary N) is 2. The molecule has 0 unspecified atom stereocenters. The van der Waals surface area contributed by atoms with Gasteiger partial charge >= 0.3 is 0 Å². The number of rotatable bonds is 6. The summed E-state index contributed by atoms with van der Waals surface area (Å²) >= 11 is 0. The van der Waals surface area contributed by atoms with Crippen LogP contribution in [0.1, 0.15) is 41.9 Å². The molecular weight excluding hydrogens is 424 g/mol. The van der Waals surface area contributed by atoms with Gasteiger partial charge in [0.15, 0.2) is 11.5 Å². The van der Waals surface area contributed by atoms with Crippen molar-refractivity contribution in [3.8, 4) is 17.2 Å². The van der Waals surface area contributed by atoms with Crippen molar-refractivity contribution in [1.82, 2.24) is 25.5 Å². The van der Waals surface area contributed by atoms with Crippen LogP contribution in [0.4, 0.5) is 5.69 Å². The molecule has 1 aromatic heterocycles. The molecule has 0 radical (unpaired) electrons. The minimum absolute atomic E-state index is 0.0351. The summed E-state index contributed by atoms with van der Waals surface area (Å²) in [6, 6.07) is 12.6. The van der Waals surface area contributed by atoms with Gasteiger partial charge in [0.25, 0.3) is 11.7 Å². The van der Waals surface area contributed by atoms with Crippen LogP contribution in [0.25, 0.3) is 11.8 Å². The summed E-state index contributed by atoms with van der Waals surface area (Å²) in [7, 11) is 0. The molecule has 5 rings (SSSR count). The van der Waals surface area contributed by atoms with E-state index in [1.165, 1.54) is 10.9 Å². The third-order valence-electron chi connectivity index (χ3n) is 5.50. The second-order valence-corrected chi connectivity index (χ2v) is 7.84. The predicted octanol–water partition coefficient (Wildman–Crippen LogP) is 2.72. The van der Waals surface area contributed by atoms with Gasteiger partial charge in [-0.2, -0.15) is 0 Å². The predicted molar refractivity (Wildman–Crippen MR) is 119 cm³/mol. The van der Waals surface area contributed by atoms with E-state index in [-0.39, 0.29) is 30.5 Å². The summed E-state index contributed by atoms with van der Waals surface area (Å²) in [5, 5.41) is 17.7. The molecule has 2 aliphatic rings. The van der Waals surface area contributed by atoms with Crippen LogP contribution in [-0.2, 0) is 4.79 Å². The van der Waals surface area contributed by atoms with Gasteiger partial charge in [0, 0.05) is 17.8 Å². The Hall–Kier alpha value is -4.21. The zero-order valence-electron chi connectivity index (χ0n) is 17.7. The summed E-state index contributed by atoms with van der Waals surface area (Å²) in [5.41, 5.74) is 2.06. The summed E-state index contributed by atoms with van der Waals surface area (Å²) in [4.78, 5) is 25.8. The number of carbonyl (C=O) groups excluding carboxylic acids is 2. The zero-order valence-corrected chi connectivity index (χ0v) is 17.7. The number of fused-ring (bicyclic) bond motifs is 1. The van der Waals surface area contributed by atoms with Gasteiger partial charge in [-0.15, -0.1) is 15.0 Å². The van der Waals surface area contributed by atoms with Gasteiger partial charge in [-0.3, -0.25) is 9.59 Å². The lowest BCUT2D eigenvalue weighted by Crippen LogP contribution is -2.33. The highest BCUT2D eigenvalue weighted by molar-refractivity contribution is 6.02. The van der Waals surface area contributed by atoms with Crippen LogP contribution < -0.4 is 20.1 Å². The van der Waals surface area contributed by atoms with Crippen LogP contribution >= 0.6 is 0 Å². The van der Waals surface area contributed by atoms with Gasteiger partial charge in [0.05, 0.1) is 5.69 Å². The van der Waals surface area contributed by atoms with Crippen molar-refractivity contribution in [2.24, 2.45) is 0 Å². The molecular formula is C23H22N6O4. The molecule has 0 spiro atoms. The molecule has 1 saturated carbocycles. The number of carbonyl (C=O) groups is 2. The molecule has 0 atom stereocenters. The molecule has 1 aliphatic heterocycles. The standard InChI is InChI=1S/C23H22N6O4/c30-21(12-6-15-5-11-19-20(13-15)33-14-32-19)24-17-7-9-18(10-8-17)29-27-22(26-28-29)23(31)25-16-3-1-2-4-16/h5-13,16H,1-4,14H2,(H,24,30)(H,25,31)/b12-6+. The number of amides is 2. The van der Waals surface area contributed by atoms with E-state index in [2.05, 4.69) is 26.0 Å². The van der Waals surface area contributed by atoms with E-state index >= 15 is 0 Å². The number of hydrogen-bond acceptors (Lipinski definition) is 7. The van der Waals surface area contributed by atoms with E-state index in [0.717, 1.165) is 31.2 Å². The molecule has 2 aromatic carbocycles. The Balaban J connectivity index is 1.18. The average molecular weight is 446 g/mol. The van der Waals surface area contributed by atoms with E-state index in [4.69, 9.17) is 9.47 Å². The maximum absolute atomic E-state index is 12.3. The Kier molecular flexibility index (Phi) is 5.71. The van der Waals surface area contributed by atoms with Crippen molar-refractivity contribution < 1.29 is 19.1 Å². The smallest absolute Gasteiger partial charge is 0.293 e. The highest BCUT2D eigenvalue weighted by Gasteiger charge is 2.21. The Bertz CT molecular complexity index is 1200. The number of aromatic nitrogens is 4. The Morgan fingerprint density at radius 3 is 2.64 bits per heavy atom. The van der Waals surface area contributed by atoms with Crippen LogP contribution in [0.3, 0.4) is 0 Å². The van der Waals surface area contributed by atoms with Crippen LogP contribution in [0.5, 0.6) is 11.5 Å². The second-order valence-electron chi connectivity index (χ2n) is 7.84. The van der Waals surface area contributed by atoms with Crippen molar-refractivity contribution in [1.29, 1.82) is 0 Å². The Labute approximate surface area is 189 Å². The zero-order chi connectivity index (χ0) is 22.6. The lowest BCUT2D eigenvalue weighted by Gasteiger charge is -2.08. The number of ether oxygens (including phenoxy) is 2. The van der Waals surface area contributed by atoms with Crippen LogP contribution in [-0.4, -0.2) is 44.9 Å². The van der Waals surface area contributed by atoms with Crippen LogP contribution in [0.2, 0.25) is 0 Å². The molecule has 0 saturated heterocycles. The van der Waals surface area contributed by atoms with Gasteiger partial charge in [0.1, 0.15) is 0 Å². The van der Waals surface area contributed by atoms with Crippen molar-refractivity contribution in [2.75, 3.05) is 12.1 Å². The fraction of sp³-hybridized carbons (Fsp3) is 0.261. The fourth-order valence-corrected chi connectivity index (χ4v) is 3.79. The second kappa shape index (κ2) is 9.11. The van der Waals surface area contributed by atoms with Gasteiger partial charge < -0.3 is 20.1 Å². The summed E-state index contributed by atoms with van der Waals surface area (Å²) in [6.45, 7) is 0.206. The highest BCUT2D eigenvalue weighted by atomic mass is 16.7. The van der Waals surface area contributed by atoms with E-state index in [9.17, 15) is 9.59 Å². The molecule has 10 heteroatoms. The Morgan fingerprint density at radius 2 is 1.82 bits per heavy atom. The summed E-state index contributed by atoms with van der Waals surface area (Å²) < 4.78 is 10.6. The minimum Gasteiger partial charge on any atom is -0.454 e. The lowest BCUT2D eigenvalue weighted by molar-refractivity contribution is -0.111. The molecule has 2 amide bonds. The molecule has 1 aliphatic carbocycles. The summed E-state index contributed by atoms with van der Waals surface area (Å²) in [6.07, 6.45) is 7.37. The molecule has 2 heterocycles. The van der Waals surface area contributed by atoms with Gasteiger partial charge in [0.2, 0.25) is 12.7 Å². The van der Waals surface area contributed by atoms with Gasteiger partial charge in [-0.05, 0) is 66.1 Å². The van der Waals surface area contributed by atoms with Gasteiger partial charge in [-0.25, -0.2) is 0 Å². The van der Waals surface area contributed by atoms with Crippen molar-refractivity contribution in [2.45, 2.75) is 31.7 Å². The number of tetrazole rings is 1. The number of hydrogen-bond donors (Lipinski definition) is 2. The third kappa shape index (κ3) is 4.84. The van der Waals surface area contributed by atoms with Crippen molar-refractivity contribution >= 4 is 23.6 Å². The minimum atomic E-state index is -0.314. The normalized spacial score (nSPS) is 15.2. The molecule has 1 fully saturated rings. The molecule has 33 heavy (non-hydrogen) atoms. The molecule has 168 valence electrons. The first-order chi connectivity index (χ1) is 16.1. The van der Waals surface area contributed by atoms with E-state index in [1.54, 1.807) is 36.4 Å². The average Bonchev–Trinajstić information content (AvgIpc) is 3.59.